The predicted molar refractivity (Wildman–Crippen MR) is 59.2 cm³/mol. The second-order valence-electron chi connectivity index (χ2n) is 5.69. The van der Waals surface area contributed by atoms with Crippen LogP contribution >= 0.6 is 0 Å². The fourth-order valence-electron chi connectivity index (χ4n) is 2.97. The molecule has 0 radical (unpaired) electrons. The molecule has 0 aromatic carbocycles. The van der Waals surface area contributed by atoms with Crippen LogP contribution in [0.2, 0.25) is 0 Å². The van der Waals surface area contributed by atoms with Crippen LogP contribution in [0.15, 0.2) is 0 Å². The minimum Gasteiger partial charge on any atom is -0.390 e. The second kappa shape index (κ2) is 4.22. The van der Waals surface area contributed by atoms with Crippen LogP contribution in [0.4, 0.5) is 0 Å². The first-order valence-corrected chi connectivity index (χ1v) is 6.41. The lowest BCUT2D eigenvalue weighted by atomic mass is 9.80. The van der Waals surface area contributed by atoms with Gasteiger partial charge in [0.15, 0.2) is 0 Å². The van der Waals surface area contributed by atoms with Gasteiger partial charge in [-0.3, -0.25) is 0 Å². The molecule has 1 nitrogen and oxygen atoms in total. The molecule has 0 bridgehead atoms. The van der Waals surface area contributed by atoms with Gasteiger partial charge in [-0.2, -0.15) is 0 Å². The van der Waals surface area contributed by atoms with Gasteiger partial charge in [0.2, 0.25) is 0 Å². The van der Waals surface area contributed by atoms with Gasteiger partial charge in [0.05, 0.1) is 5.60 Å². The van der Waals surface area contributed by atoms with Gasteiger partial charge in [0.1, 0.15) is 0 Å². The third kappa shape index (κ3) is 2.73. The molecule has 0 heterocycles. The fourth-order valence-corrected chi connectivity index (χ4v) is 2.97. The van der Waals surface area contributed by atoms with Crippen molar-refractivity contribution in [2.24, 2.45) is 11.8 Å². The van der Waals surface area contributed by atoms with Gasteiger partial charge in [-0.25, -0.2) is 0 Å². The van der Waals surface area contributed by atoms with Crippen LogP contribution in [0.25, 0.3) is 0 Å². The Bertz CT molecular complexity index is 174. The molecule has 0 aromatic rings. The van der Waals surface area contributed by atoms with E-state index < -0.39 is 0 Å². The van der Waals surface area contributed by atoms with Crippen molar-refractivity contribution in [1.29, 1.82) is 0 Å². The number of aliphatic hydroxyl groups is 1. The molecule has 2 saturated carbocycles. The van der Waals surface area contributed by atoms with Crippen molar-refractivity contribution < 1.29 is 5.11 Å². The van der Waals surface area contributed by atoms with Gasteiger partial charge in [-0.05, 0) is 38.0 Å². The van der Waals surface area contributed by atoms with E-state index in [9.17, 15) is 5.11 Å². The highest BCUT2D eigenvalue weighted by Crippen LogP contribution is 2.42. The lowest BCUT2D eigenvalue weighted by Gasteiger charge is -2.32. The summed E-state index contributed by atoms with van der Waals surface area (Å²) >= 11 is 0. The van der Waals surface area contributed by atoms with Crippen molar-refractivity contribution in [2.75, 3.05) is 0 Å². The average Bonchev–Trinajstić information content (AvgIpc) is 2.88. The molecule has 1 heteroatoms. The molecule has 2 aliphatic rings. The standard InChI is InChI=1S/C13H24O/c1-13(14,10-11-8-9-11)12-6-4-2-3-5-7-12/h11-12,14H,2-10H2,1H3. The minimum absolute atomic E-state index is 0.356. The van der Waals surface area contributed by atoms with Crippen LogP contribution in [0.5, 0.6) is 0 Å². The van der Waals surface area contributed by atoms with Crippen molar-refractivity contribution in [3.63, 3.8) is 0 Å². The molecule has 2 fully saturated rings. The van der Waals surface area contributed by atoms with Crippen molar-refractivity contribution in [3.8, 4) is 0 Å². The summed E-state index contributed by atoms with van der Waals surface area (Å²) in [6.45, 7) is 2.08. The van der Waals surface area contributed by atoms with E-state index >= 15 is 0 Å². The van der Waals surface area contributed by atoms with Gasteiger partial charge in [0, 0.05) is 0 Å². The molecule has 1 unspecified atom stereocenters. The fraction of sp³-hybridized carbons (Fsp3) is 1.00. The van der Waals surface area contributed by atoms with Crippen LogP contribution < -0.4 is 0 Å². The topological polar surface area (TPSA) is 20.2 Å². The molecule has 82 valence electrons. The number of hydrogen-bond acceptors (Lipinski definition) is 1. The second-order valence-corrected chi connectivity index (χ2v) is 5.69. The first-order valence-electron chi connectivity index (χ1n) is 6.41. The Balaban J connectivity index is 1.88. The molecule has 14 heavy (non-hydrogen) atoms. The summed E-state index contributed by atoms with van der Waals surface area (Å²) in [4.78, 5) is 0. The van der Waals surface area contributed by atoms with E-state index in [1.54, 1.807) is 0 Å². The van der Waals surface area contributed by atoms with Crippen molar-refractivity contribution in [1.82, 2.24) is 0 Å². The van der Waals surface area contributed by atoms with Crippen LogP contribution in [0.3, 0.4) is 0 Å². The molecule has 0 aliphatic heterocycles. The maximum atomic E-state index is 10.5. The summed E-state index contributed by atoms with van der Waals surface area (Å²) in [5, 5.41) is 10.5. The Labute approximate surface area is 87.9 Å². The largest absolute Gasteiger partial charge is 0.390 e. The van der Waals surface area contributed by atoms with Crippen LogP contribution in [0.1, 0.15) is 64.7 Å². The lowest BCUT2D eigenvalue weighted by Crippen LogP contribution is -2.34. The van der Waals surface area contributed by atoms with Crippen LogP contribution in [-0.4, -0.2) is 10.7 Å². The average molecular weight is 196 g/mol. The molecule has 1 atom stereocenters. The molecule has 0 amide bonds. The number of hydrogen-bond donors (Lipinski definition) is 1. The van der Waals surface area contributed by atoms with Gasteiger partial charge in [-0.15, -0.1) is 0 Å². The van der Waals surface area contributed by atoms with E-state index in [1.807, 2.05) is 0 Å². The van der Waals surface area contributed by atoms with Gasteiger partial charge >= 0.3 is 0 Å². The van der Waals surface area contributed by atoms with E-state index in [2.05, 4.69) is 6.92 Å². The van der Waals surface area contributed by atoms with Crippen LogP contribution in [-0.2, 0) is 0 Å². The van der Waals surface area contributed by atoms with E-state index in [0.29, 0.717) is 5.92 Å². The smallest absolute Gasteiger partial charge is 0.0650 e. The maximum absolute atomic E-state index is 10.5. The molecule has 0 saturated heterocycles. The Morgan fingerprint density at radius 1 is 1.00 bits per heavy atom. The zero-order valence-corrected chi connectivity index (χ0v) is 9.47. The zero-order chi connectivity index (χ0) is 10.0. The van der Waals surface area contributed by atoms with Gasteiger partial charge in [-0.1, -0.05) is 38.5 Å². The lowest BCUT2D eigenvalue weighted by molar-refractivity contribution is -0.0197. The molecule has 1 N–H and O–H groups in total. The van der Waals surface area contributed by atoms with E-state index in [1.165, 1.54) is 51.4 Å². The quantitative estimate of drug-likeness (QED) is 0.685. The summed E-state index contributed by atoms with van der Waals surface area (Å²) in [5.74, 6) is 1.44. The van der Waals surface area contributed by atoms with Crippen LogP contribution in [0, 0.1) is 11.8 Å². The highest BCUT2D eigenvalue weighted by atomic mass is 16.3. The highest BCUT2D eigenvalue weighted by molar-refractivity contribution is 4.89. The van der Waals surface area contributed by atoms with Gasteiger partial charge in [0.25, 0.3) is 0 Å². The Morgan fingerprint density at radius 3 is 2.07 bits per heavy atom. The van der Waals surface area contributed by atoms with E-state index in [4.69, 9.17) is 0 Å². The molecular formula is C13H24O. The van der Waals surface area contributed by atoms with Crippen molar-refractivity contribution >= 4 is 0 Å². The molecular weight excluding hydrogens is 172 g/mol. The normalized spacial score (nSPS) is 29.6. The third-order valence-corrected chi connectivity index (χ3v) is 4.13. The predicted octanol–water partition coefficient (Wildman–Crippen LogP) is 3.51. The highest BCUT2D eigenvalue weighted by Gasteiger charge is 2.37. The zero-order valence-electron chi connectivity index (χ0n) is 9.47. The summed E-state index contributed by atoms with van der Waals surface area (Å²) < 4.78 is 0. The molecule has 0 aromatic heterocycles. The maximum Gasteiger partial charge on any atom is 0.0650 e. The monoisotopic (exact) mass is 196 g/mol. The molecule has 0 spiro atoms. The minimum atomic E-state index is -0.356. The molecule has 2 rings (SSSR count). The Morgan fingerprint density at radius 2 is 1.57 bits per heavy atom. The Hall–Kier alpha value is -0.0400. The van der Waals surface area contributed by atoms with Crippen molar-refractivity contribution in [3.05, 3.63) is 0 Å². The van der Waals surface area contributed by atoms with Gasteiger partial charge < -0.3 is 5.11 Å². The Kier molecular flexibility index (Phi) is 3.16. The first kappa shape index (κ1) is 10.5. The first-order chi connectivity index (χ1) is 6.68. The summed E-state index contributed by atoms with van der Waals surface area (Å²) in [6.07, 6.45) is 11.8. The summed E-state index contributed by atoms with van der Waals surface area (Å²) in [5.41, 5.74) is -0.356. The third-order valence-electron chi connectivity index (χ3n) is 4.13. The van der Waals surface area contributed by atoms with E-state index in [0.717, 1.165) is 12.3 Å². The SMILES string of the molecule is CC(O)(CC1CC1)C1CCCCCC1. The number of rotatable bonds is 3. The van der Waals surface area contributed by atoms with E-state index in [-0.39, 0.29) is 5.60 Å². The molecule has 2 aliphatic carbocycles. The van der Waals surface area contributed by atoms with Crippen molar-refractivity contribution in [2.45, 2.75) is 70.3 Å². The summed E-state index contributed by atoms with van der Waals surface area (Å²) in [7, 11) is 0. The summed E-state index contributed by atoms with van der Waals surface area (Å²) in [6, 6.07) is 0.